The summed E-state index contributed by atoms with van der Waals surface area (Å²) in [6.07, 6.45) is -0.209. The number of halogens is 2. The van der Waals surface area contributed by atoms with Crippen molar-refractivity contribution in [3.63, 3.8) is 0 Å². The Morgan fingerprint density at radius 3 is 2.87 bits per heavy atom. The molecule has 1 aromatic heterocycles. The predicted molar refractivity (Wildman–Crippen MR) is 53.1 cm³/mol. The molecule has 1 aliphatic rings. The second-order valence-electron chi connectivity index (χ2n) is 3.85. The summed E-state index contributed by atoms with van der Waals surface area (Å²) in [7, 11) is 0. The van der Waals surface area contributed by atoms with Gasteiger partial charge in [0, 0.05) is 30.8 Å². The maximum Gasteiger partial charge on any atom is 0.243 e. The fraction of sp³-hybridized carbons (Fsp3) is 0.600. The van der Waals surface area contributed by atoms with E-state index in [9.17, 15) is 8.78 Å². The van der Waals surface area contributed by atoms with Crippen LogP contribution in [0.4, 0.5) is 14.6 Å². The maximum atomic E-state index is 12.4. The molecule has 1 saturated heterocycles. The first-order valence-corrected chi connectivity index (χ1v) is 4.98. The molecule has 1 atom stereocenters. The monoisotopic (exact) mass is 213 g/mol. The van der Waals surface area contributed by atoms with Gasteiger partial charge in [0.15, 0.2) is 0 Å². The third-order valence-electron chi connectivity index (χ3n) is 2.69. The van der Waals surface area contributed by atoms with Crippen molar-refractivity contribution in [3.8, 4) is 0 Å². The van der Waals surface area contributed by atoms with Crippen LogP contribution in [0, 0.1) is 12.8 Å². The minimum Gasteiger partial charge on any atom is -0.356 e. The Hall–Kier alpha value is -1.26. The summed E-state index contributed by atoms with van der Waals surface area (Å²) in [5.41, 5.74) is 0.862. The van der Waals surface area contributed by atoms with Crippen molar-refractivity contribution in [2.45, 2.75) is 19.8 Å². The average Bonchev–Trinajstić information content (AvgIpc) is 2.66. The molecule has 0 N–H and O–H groups in total. The van der Waals surface area contributed by atoms with Gasteiger partial charge in [0.05, 0.1) is 0 Å². The summed E-state index contributed by atoms with van der Waals surface area (Å²) < 4.78 is 24.9. The zero-order valence-corrected chi connectivity index (χ0v) is 8.53. The van der Waals surface area contributed by atoms with Crippen LogP contribution in [0.1, 0.15) is 12.1 Å². The van der Waals surface area contributed by atoms with Crippen LogP contribution in [-0.2, 0) is 0 Å². The Morgan fingerprint density at radius 2 is 2.27 bits per heavy atom. The molecule has 3 nitrogen and oxygen atoms in total. The molecule has 1 aliphatic heterocycles. The highest BCUT2D eigenvalue weighted by molar-refractivity contribution is 5.39. The number of rotatable bonds is 2. The first-order valence-electron chi connectivity index (χ1n) is 4.98. The van der Waals surface area contributed by atoms with Crippen molar-refractivity contribution in [1.29, 1.82) is 0 Å². The second-order valence-corrected chi connectivity index (χ2v) is 3.85. The highest BCUT2D eigenvalue weighted by Crippen LogP contribution is 2.26. The molecule has 1 unspecified atom stereocenters. The van der Waals surface area contributed by atoms with Crippen molar-refractivity contribution in [2.75, 3.05) is 18.0 Å². The number of nitrogens with zero attached hydrogens (tertiary/aromatic N) is 3. The van der Waals surface area contributed by atoms with Crippen molar-refractivity contribution < 1.29 is 8.78 Å². The Kier molecular flexibility index (Phi) is 2.79. The highest BCUT2D eigenvalue weighted by Gasteiger charge is 2.30. The third-order valence-corrected chi connectivity index (χ3v) is 2.69. The quantitative estimate of drug-likeness (QED) is 0.751. The van der Waals surface area contributed by atoms with Crippen LogP contribution in [0.5, 0.6) is 0 Å². The zero-order valence-electron chi connectivity index (χ0n) is 8.53. The van der Waals surface area contributed by atoms with Gasteiger partial charge in [-0.3, -0.25) is 0 Å². The number of aryl methyl sites for hydroxylation is 1. The lowest BCUT2D eigenvalue weighted by molar-refractivity contribution is 0.0880. The molecule has 5 heteroatoms. The number of hydrogen-bond acceptors (Lipinski definition) is 3. The van der Waals surface area contributed by atoms with E-state index in [4.69, 9.17) is 0 Å². The van der Waals surface area contributed by atoms with Crippen LogP contribution >= 0.6 is 0 Å². The fourth-order valence-corrected chi connectivity index (χ4v) is 1.81. The number of anilines is 1. The van der Waals surface area contributed by atoms with Crippen LogP contribution in [0.3, 0.4) is 0 Å². The van der Waals surface area contributed by atoms with Gasteiger partial charge in [0.1, 0.15) is 12.1 Å². The number of hydrogen-bond donors (Lipinski definition) is 0. The summed E-state index contributed by atoms with van der Waals surface area (Å²) >= 11 is 0. The van der Waals surface area contributed by atoms with Crippen LogP contribution in [0.25, 0.3) is 0 Å². The lowest BCUT2D eigenvalue weighted by atomic mass is 10.1. The van der Waals surface area contributed by atoms with Gasteiger partial charge in [-0.1, -0.05) is 0 Å². The van der Waals surface area contributed by atoms with E-state index in [-0.39, 0.29) is 0 Å². The van der Waals surface area contributed by atoms with E-state index in [1.807, 2.05) is 17.9 Å². The zero-order chi connectivity index (χ0) is 10.8. The van der Waals surface area contributed by atoms with E-state index >= 15 is 0 Å². The molecule has 15 heavy (non-hydrogen) atoms. The van der Waals surface area contributed by atoms with E-state index in [2.05, 4.69) is 9.97 Å². The van der Waals surface area contributed by atoms with Gasteiger partial charge in [-0.2, -0.15) is 0 Å². The van der Waals surface area contributed by atoms with Gasteiger partial charge in [-0.15, -0.1) is 0 Å². The molecule has 1 fully saturated rings. The van der Waals surface area contributed by atoms with Crippen LogP contribution < -0.4 is 4.90 Å². The smallest absolute Gasteiger partial charge is 0.243 e. The lowest BCUT2D eigenvalue weighted by Crippen LogP contribution is -2.23. The van der Waals surface area contributed by atoms with E-state index in [1.54, 1.807) is 0 Å². The van der Waals surface area contributed by atoms with E-state index in [1.165, 1.54) is 6.33 Å². The Bertz CT molecular complexity index is 343. The summed E-state index contributed by atoms with van der Waals surface area (Å²) in [6.45, 7) is 2.92. The van der Waals surface area contributed by atoms with Crippen molar-refractivity contribution in [1.82, 2.24) is 9.97 Å². The normalized spacial score (nSPS) is 21.3. The molecular formula is C10H13F2N3. The molecule has 0 aromatic carbocycles. The SMILES string of the molecule is Cc1cc(N2CCC(C(F)F)C2)ncn1. The van der Waals surface area contributed by atoms with Gasteiger partial charge >= 0.3 is 0 Å². The molecular weight excluding hydrogens is 200 g/mol. The number of alkyl halides is 2. The molecule has 0 radical (unpaired) electrons. The van der Waals surface area contributed by atoms with Crippen molar-refractivity contribution >= 4 is 5.82 Å². The summed E-state index contributed by atoms with van der Waals surface area (Å²) in [5.74, 6) is 0.242. The summed E-state index contributed by atoms with van der Waals surface area (Å²) in [5, 5.41) is 0. The second kappa shape index (κ2) is 4.08. The van der Waals surface area contributed by atoms with E-state index in [0.29, 0.717) is 19.5 Å². The average molecular weight is 213 g/mol. The predicted octanol–water partition coefficient (Wildman–Crippen LogP) is 1.88. The molecule has 0 aliphatic carbocycles. The first-order chi connectivity index (χ1) is 7.16. The lowest BCUT2D eigenvalue weighted by Gasteiger charge is -2.17. The van der Waals surface area contributed by atoms with Crippen LogP contribution in [0.15, 0.2) is 12.4 Å². The van der Waals surface area contributed by atoms with Crippen LogP contribution in [-0.4, -0.2) is 29.5 Å². The number of aromatic nitrogens is 2. The van der Waals surface area contributed by atoms with Gasteiger partial charge in [0.2, 0.25) is 6.43 Å². The van der Waals surface area contributed by atoms with Crippen molar-refractivity contribution in [3.05, 3.63) is 18.1 Å². The van der Waals surface area contributed by atoms with Crippen LogP contribution in [0.2, 0.25) is 0 Å². The van der Waals surface area contributed by atoms with Gasteiger partial charge in [-0.05, 0) is 13.3 Å². The van der Waals surface area contributed by atoms with E-state index < -0.39 is 12.3 Å². The molecule has 0 bridgehead atoms. The molecule has 0 spiro atoms. The van der Waals surface area contributed by atoms with Gasteiger partial charge in [-0.25, -0.2) is 18.7 Å². The van der Waals surface area contributed by atoms with Gasteiger partial charge < -0.3 is 4.90 Å². The highest BCUT2D eigenvalue weighted by atomic mass is 19.3. The molecule has 0 saturated carbocycles. The molecule has 82 valence electrons. The van der Waals surface area contributed by atoms with Crippen molar-refractivity contribution in [2.24, 2.45) is 5.92 Å². The molecule has 1 aromatic rings. The topological polar surface area (TPSA) is 29.0 Å². The maximum absolute atomic E-state index is 12.4. The Morgan fingerprint density at radius 1 is 1.47 bits per heavy atom. The molecule has 2 rings (SSSR count). The summed E-state index contributed by atoms with van der Waals surface area (Å²) in [4.78, 5) is 9.96. The third kappa shape index (κ3) is 2.22. The van der Waals surface area contributed by atoms with E-state index in [0.717, 1.165) is 11.5 Å². The Balaban J connectivity index is 2.08. The fourth-order valence-electron chi connectivity index (χ4n) is 1.81. The first kappa shape index (κ1) is 10.3. The molecule has 2 heterocycles. The minimum atomic E-state index is -2.22. The Labute approximate surface area is 87.1 Å². The standard InChI is InChI=1S/C10H13F2N3/c1-7-4-9(14-6-13-7)15-3-2-8(5-15)10(11)12/h4,6,8,10H,2-3,5H2,1H3. The summed E-state index contributed by atoms with van der Waals surface area (Å²) in [6, 6.07) is 1.83. The largest absolute Gasteiger partial charge is 0.356 e. The van der Waals surface area contributed by atoms with Gasteiger partial charge in [0.25, 0.3) is 0 Å². The minimum absolute atomic E-state index is 0.397. The molecule has 0 amide bonds.